The molecule has 1 nitrogen and oxygen atoms in total. The van der Waals surface area contributed by atoms with Crippen LogP contribution in [0.1, 0.15) is 30.5 Å². The SMILES string of the molecule is CC(C)=C(C#N)c1ccc(C)cc1C. The fraction of sp³-hybridized carbons (Fsp3) is 0.308. The third-order valence-corrected chi connectivity index (χ3v) is 2.26. The molecule has 0 amide bonds. The minimum Gasteiger partial charge on any atom is -0.192 e. The molecule has 1 aromatic rings. The van der Waals surface area contributed by atoms with Crippen LogP contribution < -0.4 is 0 Å². The van der Waals surface area contributed by atoms with E-state index in [1.54, 1.807) is 0 Å². The molecule has 0 aliphatic rings. The molecule has 14 heavy (non-hydrogen) atoms. The third-order valence-electron chi connectivity index (χ3n) is 2.26. The lowest BCUT2D eigenvalue weighted by Gasteiger charge is -2.06. The van der Waals surface area contributed by atoms with Crippen LogP contribution in [0.2, 0.25) is 0 Å². The van der Waals surface area contributed by atoms with Gasteiger partial charge in [0.25, 0.3) is 0 Å². The molecular weight excluding hydrogens is 170 g/mol. The highest BCUT2D eigenvalue weighted by Gasteiger charge is 2.05. The fourth-order valence-electron chi connectivity index (χ4n) is 1.54. The molecule has 0 aliphatic heterocycles. The van der Waals surface area contributed by atoms with Crippen molar-refractivity contribution < 1.29 is 0 Å². The van der Waals surface area contributed by atoms with Gasteiger partial charge >= 0.3 is 0 Å². The number of nitriles is 1. The highest BCUT2D eigenvalue weighted by molar-refractivity contribution is 5.80. The maximum absolute atomic E-state index is 9.04. The van der Waals surface area contributed by atoms with Crippen molar-refractivity contribution in [3.8, 4) is 6.07 Å². The number of allylic oxidation sites excluding steroid dienone is 2. The largest absolute Gasteiger partial charge is 0.192 e. The van der Waals surface area contributed by atoms with E-state index in [0.717, 1.165) is 16.7 Å². The van der Waals surface area contributed by atoms with Crippen LogP contribution in [0.5, 0.6) is 0 Å². The quantitative estimate of drug-likeness (QED) is 0.613. The van der Waals surface area contributed by atoms with Gasteiger partial charge in [-0.1, -0.05) is 29.3 Å². The molecule has 0 heterocycles. The number of hydrogen-bond acceptors (Lipinski definition) is 1. The molecule has 0 aliphatic carbocycles. The minimum absolute atomic E-state index is 0.794. The first-order valence-electron chi connectivity index (χ1n) is 4.71. The van der Waals surface area contributed by atoms with E-state index in [9.17, 15) is 0 Å². The van der Waals surface area contributed by atoms with Gasteiger partial charge in [-0.15, -0.1) is 0 Å². The summed E-state index contributed by atoms with van der Waals surface area (Å²) in [5.74, 6) is 0. The molecule has 0 N–H and O–H groups in total. The van der Waals surface area contributed by atoms with Crippen LogP contribution >= 0.6 is 0 Å². The number of nitrogens with zero attached hydrogens (tertiary/aromatic N) is 1. The average Bonchev–Trinajstić information content (AvgIpc) is 2.09. The Hall–Kier alpha value is -1.55. The topological polar surface area (TPSA) is 23.8 Å². The van der Waals surface area contributed by atoms with E-state index in [0.29, 0.717) is 0 Å². The van der Waals surface area contributed by atoms with Gasteiger partial charge in [0.15, 0.2) is 0 Å². The Balaban J connectivity index is 3.35. The van der Waals surface area contributed by atoms with Crippen molar-refractivity contribution in [2.75, 3.05) is 0 Å². The Kier molecular flexibility index (Phi) is 3.09. The fourth-order valence-corrected chi connectivity index (χ4v) is 1.54. The molecule has 0 saturated heterocycles. The number of benzene rings is 1. The van der Waals surface area contributed by atoms with Gasteiger partial charge in [0.05, 0.1) is 11.6 Å². The average molecular weight is 185 g/mol. The van der Waals surface area contributed by atoms with Crippen LogP contribution in [-0.4, -0.2) is 0 Å². The second-order valence-electron chi connectivity index (χ2n) is 3.81. The Morgan fingerprint density at radius 1 is 1.21 bits per heavy atom. The van der Waals surface area contributed by atoms with Crippen LogP contribution in [0.15, 0.2) is 23.8 Å². The normalized spacial score (nSPS) is 9.36. The maximum Gasteiger partial charge on any atom is 0.0997 e. The summed E-state index contributed by atoms with van der Waals surface area (Å²) in [4.78, 5) is 0. The molecule has 1 heteroatoms. The van der Waals surface area contributed by atoms with Crippen molar-refractivity contribution in [3.63, 3.8) is 0 Å². The van der Waals surface area contributed by atoms with Gasteiger partial charge in [-0.25, -0.2) is 0 Å². The third kappa shape index (κ3) is 2.03. The van der Waals surface area contributed by atoms with Crippen molar-refractivity contribution in [1.29, 1.82) is 5.26 Å². The number of rotatable bonds is 1. The van der Waals surface area contributed by atoms with Crippen molar-refractivity contribution in [3.05, 3.63) is 40.5 Å². The molecule has 0 aromatic heterocycles. The van der Waals surface area contributed by atoms with Crippen LogP contribution in [-0.2, 0) is 0 Å². The maximum atomic E-state index is 9.04. The van der Waals surface area contributed by atoms with Crippen LogP contribution in [0.4, 0.5) is 0 Å². The van der Waals surface area contributed by atoms with E-state index in [2.05, 4.69) is 19.1 Å². The summed E-state index contributed by atoms with van der Waals surface area (Å²) in [6, 6.07) is 8.43. The van der Waals surface area contributed by atoms with E-state index in [1.165, 1.54) is 11.1 Å². The van der Waals surface area contributed by atoms with Gasteiger partial charge in [-0.05, 0) is 38.8 Å². The second-order valence-corrected chi connectivity index (χ2v) is 3.81. The zero-order chi connectivity index (χ0) is 10.7. The van der Waals surface area contributed by atoms with Crippen molar-refractivity contribution in [2.24, 2.45) is 0 Å². The summed E-state index contributed by atoms with van der Waals surface area (Å²) >= 11 is 0. The van der Waals surface area contributed by atoms with Gasteiger partial charge in [-0.3, -0.25) is 0 Å². The lowest BCUT2D eigenvalue weighted by molar-refractivity contribution is 1.32. The molecule has 1 aromatic carbocycles. The van der Waals surface area contributed by atoms with Gasteiger partial charge in [0, 0.05) is 0 Å². The standard InChI is InChI=1S/C13H15N/c1-9(2)13(8-14)12-6-5-10(3)7-11(12)4/h5-7H,1-4H3. The molecule has 0 bridgehead atoms. The van der Waals surface area contributed by atoms with E-state index < -0.39 is 0 Å². The molecule has 0 fully saturated rings. The van der Waals surface area contributed by atoms with Gasteiger partial charge in [0.1, 0.15) is 0 Å². The summed E-state index contributed by atoms with van der Waals surface area (Å²) in [5.41, 5.74) is 5.32. The van der Waals surface area contributed by atoms with E-state index >= 15 is 0 Å². The molecule has 0 unspecified atom stereocenters. The molecule has 0 radical (unpaired) electrons. The lowest BCUT2D eigenvalue weighted by atomic mass is 9.97. The predicted molar refractivity (Wildman–Crippen MR) is 59.8 cm³/mol. The Morgan fingerprint density at radius 3 is 2.29 bits per heavy atom. The number of aryl methyl sites for hydroxylation is 2. The van der Waals surface area contributed by atoms with Crippen LogP contribution in [0.3, 0.4) is 0 Å². The van der Waals surface area contributed by atoms with Crippen molar-refractivity contribution >= 4 is 5.57 Å². The summed E-state index contributed by atoms with van der Waals surface area (Å²) < 4.78 is 0. The molecule has 0 spiro atoms. The monoisotopic (exact) mass is 185 g/mol. The highest BCUT2D eigenvalue weighted by atomic mass is 14.3. The van der Waals surface area contributed by atoms with E-state index in [-0.39, 0.29) is 0 Å². The van der Waals surface area contributed by atoms with Gasteiger partial charge in [0.2, 0.25) is 0 Å². The summed E-state index contributed by atoms with van der Waals surface area (Å²) in [5, 5.41) is 9.04. The molecule has 0 saturated carbocycles. The van der Waals surface area contributed by atoms with Gasteiger partial charge < -0.3 is 0 Å². The van der Waals surface area contributed by atoms with Crippen molar-refractivity contribution in [2.45, 2.75) is 27.7 Å². The smallest absolute Gasteiger partial charge is 0.0997 e. The zero-order valence-electron chi connectivity index (χ0n) is 9.18. The molecular formula is C13H15N. The van der Waals surface area contributed by atoms with E-state index in [1.807, 2.05) is 32.9 Å². The highest BCUT2D eigenvalue weighted by Crippen LogP contribution is 2.22. The summed E-state index contributed by atoms with van der Waals surface area (Å²) in [7, 11) is 0. The molecule has 1 rings (SSSR count). The first-order chi connectivity index (χ1) is 6.56. The predicted octanol–water partition coefficient (Wildman–Crippen LogP) is 3.62. The Bertz CT molecular complexity index is 415. The first kappa shape index (κ1) is 10.5. The first-order valence-corrected chi connectivity index (χ1v) is 4.71. The van der Waals surface area contributed by atoms with Crippen LogP contribution in [0.25, 0.3) is 5.57 Å². The van der Waals surface area contributed by atoms with E-state index in [4.69, 9.17) is 5.26 Å². The minimum atomic E-state index is 0.794. The zero-order valence-corrected chi connectivity index (χ0v) is 9.18. The Labute approximate surface area is 85.7 Å². The van der Waals surface area contributed by atoms with Crippen LogP contribution in [0, 0.1) is 25.2 Å². The Morgan fingerprint density at radius 2 is 1.86 bits per heavy atom. The molecule has 72 valence electrons. The van der Waals surface area contributed by atoms with Gasteiger partial charge in [-0.2, -0.15) is 5.26 Å². The van der Waals surface area contributed by atoms with Crippen molar-refractivity contribution in [1.82, 2.24) is 0 Å². The summed E-state index contributed by atoms with van der Waals surface area (Å²) in [6.45, 7) is 8.05. The summed E-state index contributed by atoms with van der Waals surface area (Å²) in [6.07, 6.45) is 0. The molecule has 0 atom stereocenters. The number of hydrogen-bond donors (Lipinski definition) is 0. The second kappa shape index (κ2) is 4.11. The lowest BCUT2D eigenvalue weighted by Crippen LogP contribution is -1.89.